The van der Waals surface area contributed by atoms with Gasteiger partial charge in [-0.05, 0) is 51.1 Å². The Bertz CT molecular complexity index is 468. The lowest BCUT2D eigenvalue weighted by Gasteiger charge is -2.07. The Morgan fingerprint density at radius 2 is 1.86 bits per heavy atom. The molecule has 2 rings (SSSR count). The van der Waals surface area contributed by atoms with Crippen molar-refractivity contribution in [1.29, 1.82) is 0 Å². The highest BCUT2D eigenvalue weighted by Gasteiger charge is 2.23. The molecule has 0 bridgehead atoms. The van der Waals surface area contributed by atoms with E-state index in [-0.39, 0.29) is 5.97 Å². The predicted octanol–water partition coefficient (Wildman–Crippen LogP) is 1.20. The Kier molecular flexibility index (Phi) is 12.9. The van der Waals surface area contributed by atoms with Gasteiger partial charge in [-0.3, -0.25) is 0 Å². The van der Waals surface area contributed by atoms with Gasteiger partial charge in [0.1, 0.15) is 12.9 Å². The third-order valence-electron chi connectivity index (χ3n) is 2.69. The zero-order valence-corrected chi connectivity index (χ0v) is 12.9. The van der Waals surface area contributed by atoms with Gasteiger partial charge in [0.05, 0.1) is 5.56 Å². The van der Waals surface area contributed by atoms with Gasteiger partial charge >= 0.3 is 5.97 Å². The summed E-state index contributed by atoms with van der Waals surface area (Å²) in [7, 11) is 1.50. The van der Waals surface area contributed by atoms with E-state index < -0.39 is 0 Å². The van der Waals surface area contributed by atoms with E-state index in [4.69, 9.17) is 15.3 Å². The summed E-state index contributed by atoms with van der Waals surface area (Å²) in [5.41, 5.74) is 14.1. The summed E-state index contributed by atoms with van der Waals surface area (Å²) in [5, 5.41) is 0. The van der Waals surface area contributed by atoms with Crippen LogP contribution in [0.1, 0.15) is 34.0 Å². The van der Waals surface area contributed by atoms with Gasteiger partial charge in [0, 0.05) is 5.56 Å². The van der Waals surface area contributed by atoms with E-state index in [1.54, 1.807) is 0 Å². The van der Waals surface area contributed by atoms with Crippen LogP contribution in [0, 0.1) is 19.8 Å². The summed E-state index contributed by atoms with van der Waals surface area (Å²) in [6, 6.07) is 3.80. The molecule has 1 aromatic carbocycles. The quantitative estimate of drug-likeness (QED) is 0.485. The van der Waals surface area contributed by atoms with Gasteiger partial charge in [0.15, 0.2) is 0 Å². The van der Waals surface area contributed by atoms with Crippen molar-refractivity contribution in [2.75, 3.05) is 13.6 Å². The largest absolute Gasteiger partial charge is 0.457 e. The molecule has 1 heterocycles. The first-order chi connectivity index (χ1) is 10.2. The number of ether oxygens (including phenoxy) is 1. The summed E-state index contributed by atoms with van der Waals surface area (Å²) in [6.07, 6.45) is 9.60. The first-order valence-corrected chi connectivity index (χ1v) is 6.45. The highest BCUT2D eigenvalue weighted by Crippen LogP contribution is 2.25. The molecule has 0 fully saturated rings. The molecule has 0 unspecified atom stereocenters. The molecule has 5 heteroatoms. The number of esters is 1. The molecule has 1 aliphatic heterocycles. The first-order valence-electron chi connectivity index (χ1n) is 6.45. The standard InChI is InChI=1S/C11H13NO2.C2H4O.C2H2.CH5N/c1-7-8(4-5-12)2-3-9-10(7)6-14-11(9)13;1-2-3;2*1-2/h2-3H,4-6,12H2,1H3;2H,1H3;1-2H;2H2,1H3. The number of terminal acetylenes is 1. The van der Waals surface area contributed by atoms with Crippen molar-refractivity contribution >= 4 is 12.3 Å². The van der Waals surface area contributed by atoms with Crippen LogP contribution in [-0.2, 0) is 22.6 Å². The number of benzene rings is 1. The van der Waals surface area contributed by atoms with E-state index in [1.807, 2.05) is 19.1 Å². The first kappa shape index (κ1) is 21.1. The number of hydrogen-bond donors (Lipinski definition) is 2. The second-order valence-corrected chi connectivity index (χ2v) is 3.73. The number of fused-ring (bicyclic) bond motifs is 1. The fourth-order valence-electron chi connectivity index (χ4n) is 1.82. The molecule has 5 nitrogen and oxygen atoms in total. The smallest absolute Gasteiger partial charge is 0.338 e. The molecule has 0 saturated carbocycles. The maximum absolute atomic E-state index is 11.2. The van der Waals surface area contributed by atoms with Crippen LogP contribution < -0.4 is 11.5 Å². The highest BCUT2D eigenvalue weighted by molar-refractivity contribution is 5.93. The van der Waals surface area contributed by atoms with E-state index in [0.717, 1.165) is 23.8 Å². The fourth-order valence-corrected chi connectivity index (χ4v) is 1.82. The van der Waals surface area contributed by atoms with E-state index in [1.165, 1.54) is 19.5 Å². The lowest BCUT2D eigenvalue weighted by molar-refractivity contribution is -0.106. The number of aldehydes is 1. The SMILES string of the molecule is C#C.CC=O.CN.Cc1c(CCN)ccc2c1COC2=O. The number of nitrogens with two attached hydrogens (primary N) is 2. The Morgan fingerprint density at radius 3 is 2.33 bits per heavy atom. The number of hydrogen-bond acceptors (Lipinski definition) is 5. The molecule has 0 radical (unpaired) electrons. The summed E-state index contributed by atoms with van der Waals surface area (Å²) in [4.78, 5) is 20.0. The zero-order chi connectivity index (χ0) is 16.8. The van der Waals surface area contributed by atoms with Crippen molar-refractivity contribution in [3.8, 4) is 12.8 Å². The number of cyclic esters (lactones) is 1. The van der Waals surface area contributed by atoms with Crippen LogP contribution in [0.3, 0.4) is 0 Å². The van der Waals surface area contributed by atoms with Crippen LogP contribution in [-0.4, -0.2) is 25.8 Å². The van der Waals surface area contributed by atoms with E-state index in [0.29, 0.717) is 18.7 Å². The van der Waals surface area contributed by atoms with Gasteiger partial charge in [-0.2, -0.15) is 0 Å². The van der Waals surface area contributed by atoms with Crippen LogP contribution in [0.15, 0.2) is 12.1 Å². The van der Waals surface area contributed by atoms with Gasteiger partial charge in [-0.15, -0.1) is 12.8 Å². The Balaban J connectivity index is 0. The molecule has 1 aliphatic rings. The Morgan fingerprint density at radius 1 is 1.33 bits per heavy atom. The second-order valence-electron chi connectivity index (χ2n) is 3.73. The minimum atomic E-state index is -0.206. The van der Waals surface area contributed by atoms with Gasteiger partial charge < -0.3 is 21.0 Å². The van der Waals surface area contributed by atoms with Crippen molar-refractivity contribution in [1.82, 2.24) is 0 Å². The third-order valence-corrected chi connectivity index (χ3v) is 2.69. The van der Waals surface area contributed by atoms with Crippen molar-refractivity contribution in [3.63, 3.8) is 0 Å². The van der Waals surface area contributed by atoms with Crippen molar-refractivity contribution in [2.45, 2.75) is 26.9 Å². The lowest BCUT2D eigenvalue weighted by Crippen LogP contribution is -2.05. The molecule has 0 aromatic heterocycles. The van der Waals surface area contributed by atoms with Crippen molar-refractivity contribution < 1.29 is 14.3 Å². The maximum Gasteiger partial charge on any atom is 0.338 e. The molecule has 1 aromatic rings. The van der Waals surface area contributed by atoms with Gasteiger partial charge in [0.2, 0.25) is 0 Å². The lowest BCUT2D eigenvalue weighted by atomic mass is 9.97. The summed E-state index contributed by atoms with van der Waals surface area (Å²) in [5.74, 6) is -0.206. The maximum atomic E-state index is 11.2. The van der Waals surface area contributed by atoms with Crippen LogP contribution in [0.5, 0.6) is 0 Å². The minimum absolute atomic E-state index is 0.206. The number of rotatable bonds is 2. The molecule has 0 saturated heterocycles. The van der Waals surface area contributed by atoms with Gasteiger partial charge in [-0.1, -0.05) is 6.07 Å². The van der Waals surface area contributed by atoms with Crippen molar-refractivity contribution in [3.05, 3.63) is 34.4 Å². The average Bonchev–Trinajstić information content (AvgIpc) is 2.89. The van der Waals surface area contributed by atoms with Crippen LogP contribution in [0.2, 0.25) is 0 Å². The molecule has 116 valence electrons. The monoisotopic (exact) mass is 292 g/mol. The molecular weight excluding hydrogens is 268 g/mol. The molecule has 4 N–H and O–H groups in total. The molecule has 0 atom stereocenters. The Labute approximate surface area is 126 Å². The topological polar surface area (TPSA) is 95.4 Å². The normalized spacial score (nSPS) is 10.3. The van der Waals surface area contributed by atoms with E-state index in [2.05, 4.69) is 18.6 Å². The molecule has 21 heavy (non-hydrogen) atoms. The summed E-state index contributed by atoms with van der Waals surface area (Å²) in [6.45, 7) is 4.51. The second kappa shape index (κ2) is 12.9. The summed E-state index contributed by atoms with van der Waals surface area (Å²) < 4.78 is 4.97. The van der Waals surface area contributed by atoms with Gasteiger partial charge in [0.25, 0.3) is 0 Å². The minimum Gasteiger partial charge on any atom is -0.457 e. The van der Waals surface area contributed by atoms with Gasteiger partial charge in [-0.25, -0.2) is 4.79 Å². The molecule has 0 spiro atoms. The molecule has 0 amide bonds. The predicted molar refractivity (Wildman–Crippen MR) is 84.8 cm³/mol. The van der Waals surface area contributed by atoms with Crippen LogP contribution in [0.4, 0.5) is 0 Å². The Hall–Kier alpha value is -2.16. The van der Waals surface area contributed by atoms with E-state index in [9.17, 15) is 4.79 Å². The van der Waals surface area contributed by atoms with Crippen LogP contribution >= 0.6 is 0 Å². The highest BCUT2D eigenvalue weighted by atomic mass is 16.5. The molecular formula is C16H24N2O3. The summed E-state index contributed by atoms with van der Waals surface area (Å²) >= 11 is 0. The van der Waals surface area contributed by atoms with E-state index >= 15 is 0 Å². The number of carbonyl (C=O) groups excluding carboxylic acids is 2. The average molecular weight is 292 g/mol. The van der Waals surface area contributed by atoms with Crippen molar-refractivity contribution in [2.24, 2.45) is 11.5 Å². The third kappa shape index (κ3) is 6.21. The fraction of sp³-hybridized carbons (Fsp3) is 0.375. The molecule has 0 aliphatic carbocycles. The number of carbonyl (C=O) groups is 2. The zero-order valence-electron chi connectivity index (χ0n) is 12.9. The van der Waals surface area contributed by atoms with Crippen LogP contribution in [0.25, 0.3) is 0 Å².